The molecule has 2 fully saturated rings. The summed E-state index contributed by atoms with van der Waals surface area (Å²) in [6.45, 7) is 5.30. The fourth-order valence-electron chi connectivity index (χ4n) is 4.53. The molecule has 9 heteroatoms. The van der Waals surface area contributed by atoms with Crippen molar-refractivity contribution in [3.8, 4) is 5.75 Å². The number of rotatable bonds is 7. The molecule has 3 heterocycles. The second-order valence-electron chi connectivity index (χ2n) is 8.78. The third-order valence-corrected chi connectivity index (χ3v) is 6.40. The number of nitrogens with zero attached hydrogens (tertiary/aromatic N) is 4. The van der Waals surface area contributed by atoms with Gasteiger partial charge in [0.25, 0.3) is 5.91 Å². The largest absolute Gasteiger partial charge is 0.494 e. The smallest absolute Gasteiger partial charge is 0.419 e. The summed E-state index contributed by atoms with van der Waals surface area (Å²) >= 11 is 0. The predicted octanol–water partition coefficient (Wildman–Crippen LogP) is 4.32. The maximum atomic E-state index is 13.3. The molecule has 0 atom stereocenters. The Morgan fingerprint density at radius 3 is 2.32 bits per heavy atom. The van der Waals surface area contributed by atoms with Gasteiger partial charge in [0.1, 0.15) is 11.6 Å². The van der Waals surface area contributed by atoms with Crippen molar-refractivity contribution in [3.05, 3.63) is 53.7 Å². The monoisotopic (exact) mass is 476 g/mol. The minimum atomic E-state index is -4.46. The number of halogens is 3. The van der Waals surface area contributed by atoms with Crippen LogP contribution in [-0.2, 0) is 6.18 Å². The summed E-state index contributed by atoms with van der Waals surface area (Å²) in [5.74, 6) is 0.520. The van der Waals surface area contributed by atoms with E-state index in [0.717, 1.165) is 24.8 Å². The number of piperazine rings is 1. The van der Waals surface area contributed by atoms with E-state index in [2.05, 4.69) is 9.88 Å². The molecule has 184 valence electrons. The van der Waals surface area contributed by atoms with Crippen LogP contribution in [0, 0.1) is 0 Å². The quantitative estimate of drug-likeness (QED) is 0.558. The van der Waals surface area contributed by atoms with Crippen LogP contribution in [0.25, 0.3) is 0 Å². The van der Waals surface area contributed by atoms with E-state index in [1.165, 1.54) is 44.6 Å². The van der Waals surface area contributed by atoms with Gasteiger partial charge in [-0.1, -0.05) is 6.42 Å². The van der Waals surface area contributed by atoms with E-state index in [1.54, 1.807) is 34.1 Å². The van der Waals surface area contributed by atoms with Crippen LogP contribution in [0.5, 0.6) is 5.75 Å². The Bertz CT molecular complexity index is 938. The summed E-state index contributed by atoms with van der Waals surface area (Å²) in [4.78, 5) is 22.6. The molecule has 2 aliphatic heterocycles. The second kappa shape index (κ2) is 11.1. The van der Waals surface area contributed by atoms with E-state index in [0.29, 0.717) is 38.3 Å². The number of pyridine rings is 1. The lowest BCUT2D eigenvalue weighted by Gasteiger charge is -2.36. The van der Waals surface area contributed by atoms with Crippen molar-refractivity contribution in [2.45, 2.75) is 31.9 Å². The summed E-state index contributed by atoms with van der Waals surface area (Å²) in [6, 6.07) is 9.41. The SMILES string of the molecule is O=C(c1ccc(OCCCN2CCCCC2)cc1)N1CCN(c2ncccc2C(F)(F)F)CC1. The minimum Gasteiger partial charge on any atom is -0.494 e. The fraction of sp³-hybridized carbons (Fsp3) is 0.520. The van der Waals surface area contributed by atoms with Gasteiger partial charge in [-0.2, -0.15) is 13.2 Å². The molecule has 0 bridgehead atoms. The number of piperidine rings is 1. The number of carbonyl (C=O) groups excluding carboxylic acids is 1. The maximum Gasteiger partial charge on any atom is 0.419 e. The van der Waals surface area contributed by atoms with Crippen molar-refractivity contribution in [2.24, 2.45) is 0 Å². The predicted molar refractivity (Wildman–Crippen MR) is 124 cm³/mol. The van der Waals surface area contributed by atoms with Gasteiger partial charge in [0, 0.05) is 44.5 Å². The van der Waals surface area contributed by atoms with Gasteiger partial charge in [-0.25, -0.2) is 4.98 Å². The van der Waals surface area contributed by atoms with Crippen molar-refractivity contribution in [1.29, 1.82) is 0 Å². The van der Waals surface area contributed by atoms with Crippen LogP contribution in [0.15, 0.2) is 42.6 Å². The van der Waals surface area contributed by atoms with Crippen molar-refractivity contribution in [3.63, 3.8) is 0 Å². The van der Waals surface area contributed by atoms with Crippen LogP contribution in [0.3, 0.4) is 0 Å². The number of alkyl halides is 3. The van der Waals surface area contributed by atoms with Crippen LogP contribution < -0.4 is 9.64 Å². The van der Waals surface area contributed by atoms with E-state index in [-0.39, 0.29) is 11.7 Å². The Kier molecular flexibility index (Phi) is 7.92. The molecule has 1 aromatic heterocycles. The number of benzene rings is 1. The topological polar surface area (TPSA) is 48.9 Å². The van der Waals surface area contributed by atoms with Crippen molar-refractivity contribution < 1.29 is 22.7 Å². The summed E-state index contributed by atoms with van der Waals surface area (Å²) < 4.78 is 45.7. The van der Waals surface area contributed by atoms with Gasteiger partial charge in [0.2, 0.25) is 0 Å². The molecule has 0 spiro atoms. The van der Waals surface area contributed by atoms with E-state index < -0.39 is 11.7 Å². The van der Waals surface area contributed by atoms with Gasteiger partial charge in [-0.15, -0.1) is 0 Å². The van der Waals surface area contributed by atoms with Crippen LogP contribution in [-0.4, -0.2) is 73.1 Å². The molecule has 0 unspecified atom stereocenters. The average Bonchev–Trinajstić information content (AvgIpc) is 2.87. The van der Waals surface area contributed by atoms with Crippen LogP contribution >= 0.6 is 0 Å². The third kappa shape index (κ3) is 6.20. The number of anilines is 1. The molecule has 4 rings (SSSR count). The summed E-state index contributed by atoms with van der Waals surface area (Å²) in [5, 5.41) is 0. The molecule has 0 aliphatic carbocycles. The number of carbonyl (C=O) groups is 1. The number of hydrogen-bond donors (Lipinski definition) is 0. The van der Waals surface area contributed by atoms with Crippen molar-refractivity contribution in [1.82, 2.24) is 14.8 Å². The Morgan fingerprint density at radius 2 is 1.65 bits per heavy atom. The second-order valence-corrected chi connectivity index (χ2v) is 8.78. The number of aromatic nitrogens is 1. The zero-order valence-corrected chi connectivity index (χ0v) is 19.3. The first-order valence-electron chi connectivity index (χ1n) is 11.9. The first-order chi connectivity index (χ1) is 16.4. The molecule has 2 saturated heterocycles. The maximum absolute atomic E-state index is 13.3. The first kappa shape index (κ1) is 24.3. The van der Waals surface area contributed by atoms with Gasteiger partial charge in [-0.3, -0.25) is 4.79 Å². The van der Waals surface area contributed by atoms with Crippen molar-refractivity contribution in [2.75, 3.05) is 57.3 Å². The van der Waals surface area contributed by atoms with Crippen LogP contribution in [0.2, 0.25) is 0 Å². The summed E-state index contributed by atoms with van der Waals surface area (Å²) in [5.41, 5.74) is -0.204. The number of likely N-dealkylation sites (tertiary alicyclic amines) is 1. The molecule has 1 aromatic carbocycles. The Labute approximate surface area is 198 Å². The van der Waals surface area contributed by atoms with E-state index in [4.69, 9.17) is 4.74 Å². The third-order valence-electron chi connectivity index (χ3n) is 6.40. The summed E-state index contributed by atoms with van der Waals surface area (Å²) in [7, 11) is 0. The summed E-state index contributed by atoms with van der Waals surface area (Å²) in [6.07, 6.45) is 1.76. The molecular formula is C25H31F3N4O2. The van der Waals surface area contributed by atoms with Gasteiger partial charge in [0.05, 0.1) is 12.2 Å². The van der Waals surface area contributed by atoms with E-state index >= 15 is 0 Å². The van der Waals surface area contributed by atoms with Gasteiger partial charge < -0.3 is 19.4 Å². The Hall–Kier alpha value is -2.81. The molecule has 0 N–H and O–H groups in total. The number of hydrogen-bond acceptors (Lipinski definition) is 5. The molecule has 0 radical (unpaired) electrons. The average molecular weight is 477 g/mol. The van der Waals surface area contributed by atoms with Crippen LogP contribution in [0.4, 0.5) is 19.0 Å². The molecule has 0 saturated carbocycles. The first-order valence-corrected chi connectivity index (χ1v) is 11.9. The minimum absolute atomic E-state index is 0.0797. The molecule has 34 heavy (non-hydrogen) atoms. The lowest BCUT2D eigenvalue weighted by molar-refractivity contribution is -0.137. The standard InChI is InChI=1S/C25H31F3N4O2/c26-25(27,28)22-6-4-11-29-23(22)31-15-17-32(18-16-31)24(33)20-7-9-21(10-8-20)34-19-5-14-30-12-2-1-3-13-30/h4,6-11H,1-3,5,12-19H2. The highest BCUT2D eigenvalue weighted by Crippen LogP contribution is 2.35. The number of amides is 1. The fourth-order valence-corrected chi connectivity index (χ4v) is 4.53. The Morgan fingerprint density at radius 1 is 0.941 bits per heavy atom. The van der Waals surface area contributed by atoms with Crippen molar-refractivity contribution >= 4 is 11.7 Å². The lowest BCUT2D eigenvalue weighted by Crippen LogP contribution is -2.49. The molecule has 2 aromatic rings. The van der Waals surface area contributed by atoms with E-state index in [9.17, 15) is 18.0 Å². The zero-order valence-electron chi connectivity index (χ0n) is 19.3. The van der Waals surface area contributed by atoms with Gasteiger partial charge in [0.15, 0.2) is 0 Å². The number of ether oxygens (including phenoxy) is 1. The highest BCUT2D eigenvalue weighted by atomic mass is 19.4. The zero-order chi connectivity index (χ0) is 24.0. The molecular weight excluding hydrogens is 445 g/mol. The Balaban J connectivity index is 1.25. The van der Waals surface area contributed by atoms with E-state index in [1.807, 2.05) is 0 Å². The molecule has 1 amide bonds. The highest BCUT2D eigenvalue weighted by molar-refractivity contribution is 5.94. The molecule has 2 aliphatic rings. The van der Waals surface area contributed by atoms with Gasteiger partial charge in [-0.05, 0) is 68.8 Å². The van der Waals surface area contributed by atoms with Crippen LogP contribution in [0.1, 0.15) is 41.6 Å². The lowest BCUT2D eigenvalue weighted by atomic mass is 10.1. The molecule has 6 nitrogen and oxygen atoms in total. The normalized spacial score (nSPS) is 17.6. The van der Waals surface area contributed by atoms with Gasteiger partial charge >= 0.3 is 6.18 Å². The highest BCUT2D eigenvalue weighted by Gasteiger charge is 2.36.